The first-order valence-electron chi connectivity index (χ1n) is 6.38. The molecule has 0 atom stereocenters. The number of carbonyl (C=O) groups is 1. The van der Waals surface area contributed by atoms with E-state index in [0.717, 1.165) is 0 Å². The standard InChI is InChI=1S/C15H16ClN3O3/c1-21-13-8-12(14(22-2)7-11(13)16)19-15(20)18-10-5-3-9(17)4-6-10/h3-8H,17H2,1-2H3,(H2,18,19,20). The van der Waals surface area contributed by atoms with E-state index in [9.17, 15) is 4.79 Å². The Morgan fingerprint density at radius 2 is 1.68 bits per heavy atom. The number of nitrogens with two attached hydrogens (primary N) is 1. The molecule has 0 radical (unpaired) electrons. The highest BCUT2D eigenvalue weighted by atomic mass is 35.5. The molecule has 0 fully saturated rings. The molecule has 2 aromatic rings. The second-order valence-corrected chi connectivity index (χ2v) is 4.80. The molecular weight excluding hydrogens is 306 g/mol. The van der Waals surface area contributed by atoms with E-state index in [0.29, 0.717) is 33.6 Å². The fourth-order valence-electron chi connectivity index (χ4n) is 1.81. The van der Waals surface area contributed by atoms with Gasteiger partial charge in [-0.25, -0.2) is 4.79 Å². The summed E-state index contributed by atoms with van der Waals surface area (Å²) in [6.45, 7) is 0. The predicted molar refractivity (Wildman–Crippen MR) is 88.1 cm³/mol. The zero-order valence-corrected chi connectivity index (χ0v) is 12.9. The molecule has 116 valence electrons. The number of nitrogens with one attached hydrogen (secondary N) is 2. The van der Waals surface area contributed by atoms with Gasteiger partial charge in [0.15, 0.2) is 0 Å². The molecule has 22 heavy (non-hydrogen) atoms. The summed E-state index contributed by atoms with van der Waals surface area (Å²) in [5.74, 6) is 0.864. The second kappa shape index (κ2) is 6.91. The number of methoxy groups -OCH3 is 2. The molecule has 0 aliphatic carbocycles. The zero-order chi connectivity index (χ0) is 16.1. The quantitative estimate of drug-likeness (QED) is 0.751. The van der Waals surface area contributed by atoms with Crippen molar-refractivity contribution >= 4 is 34.7 Å². The first-order valence-corrected chi connectivity index (χ1v) is 6.76. The summed E-state index contributed by atoms with van der Waals surface area (Å²) in [5, 5.41) is 5.76. The van der Waals surface area contributed by atoms with Gasteiger partial charge in [0, 0.05) is 23.5 Å². The van der Waals surface area contributed by atoms with Crippen LogP contribution in [0.2, 0.25) is 5.02 Å². The number of halogens is 1. The Balaban J connectivity index is 2.15. The lowest BCUT2D eigenvalue weighted by molar-refractivity contribution is 0.262. The highest BCUT2D eigenvalue weighted by Crippen LogP contribution is 2.35. The van der Waals surface area contributed by atoms with E-state index in [1.54, 1.807) is 36.4 Å². The number of anilines is 3. The number of ether oxygens (including phenoxy) is 2. The van der Waals surface area contributed by atoms with Crippen LogP contribution in [0, 0.1) is 0 Å². The SMILES string of the molecule is COc1cc(NC(=O)Nc2ccc(N)cc2)c(OC)cc1Cl. The van der Waals surface area contributed by atoms with E-state index in [1.165, 1.54) is 14.2 Å². The molecule has 2 rings (SSSR count). The van der Waals surface area contributed by atoms with Gasteiger partial charge in [-0.2, -0.15) is 0 Å². The summed E-state index contributed by atoms with van der Waals surface area (Å²) in [5.41, 5.74) is 7.27. The van der Waals surface area contributed by atoms with Gasteiger partial charge in [-0.15, -0.1) is 0 Å². The smallest absolute Gasteiger partial charge is 0.323 e. The highest BCUT2D eigenvalue weighted by Gasteiger charge is 2.12. The zero-order valence-electron chi connectivity index (χ0n) is 12.1. The van der Waals surface area contributed by atoms with Gasteiger partial charge in [-0.05, 0) is 24.3 Å². The summed E-state index contributed by atoms with van der Waals surface area (Å²) in [6, 6.07) is 9.53. The molecule has 0 saturated carbocycles. The average Bonchev–Trinajstić information content (AvgIpc) is 2.50. The normalized spacial score (nSPS) is 9.95. The summed E-state index contributed by atoms with van der Waals surface area (Å²) in [7, 11) is 2.98. The van der Waals surface area contributed by atoms with Crippen molar-refractivity contribution in [3.63, 3.8) is 0 Å². The maximum absolute atomic E-state index is 12.0. The van der Waals surface area contributed by atoms with Crippen LogP contribution >= 0.6 is 11.6 Å². The maximum Gasteiger partial charge on any atom is 0.323 e. The van der Waals surface area contributed by atoms with Crippen molar-refractivity contribution in [3.8, 4) is 11.5 Å². The fourth-order valence-corrected chi connectivity index (χ4v) is 2.04. The Kier molecular flexibility index (Phi) is 4.95. The third kappa shape index (κ3) is 3.73. The molecule has 4 N–H and O–H groups in total. The molecule has 0 bridgehead atoms. The van der Waals surface area contributed by atoms with Gasteiger partial charge < -0.3 is 25.8 Å². The van der Waals surface area contributed by atoms with Crippen molar-refractivity contribution in [1.82, 2.24) is 0 Å². The Morgan fingerprint density at radius 1 is 1.05 bits per heavy atom. The molecule has 7 heteroatoms. The van der Waals surface area contributed by atoms with Crippen LogP contribution in [-0.2, 0) is 0 Å². The molecule has 0 spiro atoms. The summed E-state index contributed by atoms with van der Waals surface area (Å²) in [6.07, 6.45) is 0. The number of carbonyl (C=O) groups excluding carboxylic acids is 1. The van der Waals surface area contributed by atoms with Gasteiger partial charge >= 0.3 is 6.03 Å². The van der Waals surface area contributed by atoms with Crippen LogP contribution in [0.3, 0.4) is 0 Å². The molecule has 0 aliphatic rings. The van der Waals surface area contributed by atoms with Crippen molar-refractivity contribution in [2.75, 3.05) is 30.6 Å². The molecule has 0 aromatic heterocycles. The van der Waals surface area contributed by atoms with E-state index in [4.69, 9.17) is 26.8 Å². The maximum atomic E-state index is 12.0. The number of benzene rings is 2. The van der Waals surface area contributed by atoms with Gasteiger partial charge in [0.05, 0.1) is 24.9 Å². The van der Waals surface area contributed by atoms with Gasteiger partial charge in [0.2, 0.25) is 0 Å². The average molecular weight is 322 g/mol. The first kappa shape index (κ1) is 15.8. The van der Waals surface area contributed by atoms with Crippen LogP contribution < -0.4 is 25.8 Å². The van der Waals surface area contributed by atoms with E-state index in [2.05, 4.69) is 10.6 Å². The minimum Gasteiger partial charge on any atom is -0.495 e. The molecule has 0 saturated heterocycles. The van der Waals surface area contributed by atoms with E-state index >= 15 is 0 Å². The van der Waals surface area contributed by atoms with Gasteiger partial charge in [-0.3, -0.25) is 0 Å². The molecular formula is C15H16ClN3O3. The van der Waals surface area contributed by atoms with Crippen molar-refractivity contribution in [2.24, 2.45) is 0 Å². The largest absolute Gasteiger partial charge is 0.495 e. The number of hydrogen-bond acceptors (Lipinski definition) is 4. The number of nitrogen functional groups attached to an aromatic ring is 1. The van der Waals surface area contributed by atoms with Gasteiger partial charge in [0.1, 0.15) is 11.5 Å². The number of hydrogen-bond donors (Lipinski definition) is 3. The summed E-state index contributed by atoms with van der Waals surface area (Å²) >= 11 is 6.02. The van der Waals surface area contributed by atoms with Crippen molar-refractivity contribution in [1.29, 1.82) is 0 Å². The second-order valence-electron chi connectivity index (χ2n) is 4.39. The van der Waals surface area contributed by atoms with Crippen LogP contribution in [-0.4, -0.2) is 20.3 Å². The topological polar surface area (TPSA) is 85.6 Å². The number of rotatable bonds is 4. The molecule has 0 unspecified atom stereocenters. The minimum absolute atomic E-state index is 0.392. The first-order chi connectivity index (χ1) is 10.5. The molecule has 6 nitrogen and oxygen atoms in total. The van der Waals surface area contributed by atoms with Gasteiger partial charge in [0.25, 0.3) is 0 Å². The fraction of sp³-hybridized carbons (Fsp3) is 0.133. The van der Waals surface area contributed by atoms with Crippen LogP contribution in [0.5, 0.6) is 11.5 Å². The Morgan fingerprint density at radius 3 is 2.27 bits per heavy atom. The summed E-state index contributed by atoms with van der Waals surface area (Å²) in [4.78, 5) is 12.0. The Labute approximate surface area is 133 Å². The summed E-state index contributed by atoms with van der Waals surface area (Å²) < 4.78 is 10.3. The van der Waals surface area contributed by atoms with Crippen LogP contribution in [0.25, 0.3) is 0 Å². The Bertz CT molecular complexity index is 674. The molecule has 2 amide bonds. The van der Waals surface area contributed by atoms with Crippen LogP contribution in [0.15, 0.2) is 36.4 Å². The van der Waals surface area contributed by atoms with Crippen LogP contribution in [0.1, 0.15) is 0 Å². The Hall–Kier alpha value is -2.60. The molecule has 0 aliphatic heterocycles. The molecule has 0 heterocycles. The van der Waals surface area contributed by atoms with Crippen molar-refractivity contribution < 1.29 is 14.3 Å². The lowest BCUT2D eigenvalue weighted by Gasteiger charge is -2.13. The van der Waals surface area contributed by atoms with Crippen molar-refractivity contribution in [3.05, 3.63) is 41.4 Å². The predicted octanol–water partition coefficient (Wildman–Crippen LogP) is 3.58. The third-order valence-corrected chi connectivity index (χ3v) is 3.19. The highest BCUT2D eigenvalue weighted by molar-refractivity contribution is 6.32. The van der Waals surface area contributed by atoms with E-state index in [-0.39, 0.29) is 0 Å². The number of amides is 2. The van der Waals surface area contributed by atoms with E-state index in [1.807, 2.05) is 0 Å². The van der Waals surface area contributed by atoms with E-state index < -0.39 is 6.03 Å². The third-order valence-electron chi connectivity index (χ3n) is 2.89. The van der Waals surface area contributed by atoms with Gasteiger partial charge in [-0.1, -0.05) is 11.6 Å². The monoisotopic (exact) mass is 321 g/mol. The van der Waals surface area contributed by atoms with Crippen molar-refractivity contribution in [2.45, 2.75) is 0 Å². The number of urea groups is 1. The lowest BCUT2D eigenvalue weighted by atomic mass is 10.2. The lowest BCUT2D eigenvalue weighted by Crippen LogP contribution is -2.19. The molecule has 2 aromatic carbocycles. The van der Waals surface area contributed by atoms with Crippen LogP contribution in [0.4, 0.5) is 21.9 Å². The minimum atomic E-state index is -0.424.